The minimum atomic E-state index is -0.456. The number of aliphatic hydroxyl groups is 1. The SMILES string of the molecule is O=C(CO)N1CC2CC2C1CNCc1ccc(O)cc1F. The van der Waals surface area contributed by atoms with Gasteiger partial charge in [0.2, 0.25) is 5.91 Å². The van der Waals surface area contributed by atoms with Gasteiger partial charge in [-0.25, -0.2) is 4.39 Å². The number of rotatable bonds is 5. The lowest BCUT2D eigenvalue weighted by Gasteiger charge is -2.27. The summed E-state index contributed by atoms with van der Waals surface area (Å²) in [4.78, 5) is 13.4. The van der Waals surface area contributed by atoms with Gasteiger partial charge >= 0.3 is 0 Å². The van der Waals surface area contributed by atoms with Crippen molar-refractivity contribution in [2.75, 3.05) is 19.7 Å². The molecule has 1 heterocycles. The van der Waals surface area contributed by atoms with Gasteiger partial charge in [-0.2, -0.15) is 0 Å². The van der Waals surface area contributed by atoms with Crippen LogP contribution in [0.25, 0.3) is 0 Å². The molecule has 1 saturated carbocycles. The molecule has 3 N–H and O–H groups in total. The van der Waals surface area contributed by atoms with Crippen molar-refractivity contribution in [3.8, 4) is 5.75 Å². The molecule has 1 aromatic rings. The number of aromatic hydroxyl groups is 1. The Morgan fingerprint density at radius 2 is 2.29 bits per heavy atom. The Bertz CT molecular complexity index is 552. The molecule has 2 aliphatic rings. The highest BCUT2D eigenvalue weighted by molar-refractivity contribution is 5.78. The summed E-state index contributed by atoms with van der Waals surface area (Å²) < 4.78 is 13.6. The fourth-order valence-electron chi connectivity index (χ4n) is 3.24. The number of phenolic OH excluding ortho intramolecular Hbond substituents is 1. The van der Waals surface area contributed by atoms with Crippen molar-refractivity contribution in [1.29, 1.82) is 0 Å². The lowest BCUT2D eigenvalue weighted by molar-refractivity contribution is -0.135. The standard InChI is InChI=1S/C15H19FN2O3/c16-13-4-11(20)2-1-9(13)5-17-6-14-12-3-10(12)7-18(14)15(21)8-19/h1-2,4,10,12,14,17,19-20H,3,5-8H2. The van der Waals surface area contributed by atoms with Crippen LogP contribution >= 0.6 is 0 Å². The molecule has 0 radical (unpaired) electrons. The van der Waals surface area contributed by atoms with Gasteiger partial charge < -0.3 is 20.4 Å². The average molecular weight is 294 g/mol. The van der Waals surface area contributed by atoms with Gasteiger partial charge in [0.25, 0.3) is 0 Å². The first-order chi connectivity index (χ1) is 10.1. The Kier molecular flexibility index (Phi) is 3.82. The molecule has 1 saturated heterocycles. The molecule has 1 amide bonds. The number of nitrogens with zero attached hydrogens (tertiary/aromatic N) is 1. The van der Waals surface area contributed by atoms with Crippen LogP contribution in [0.15, 0.2) is 18.2 Å². The molecule has 0 bridgehead atoms. The van der Waals surface area contributed by atoms with E-state index in [2.05, 4.69) is 5.32 Å². The highest BCUT2D eigenvalue weighted by Gasteiger charge is 2.53. The molecule has 21 heavy (non-hydrogen) atoms. The first-order valence-electron chi connectivity index (χ1n) is 7.18. The van der Waals surface area contributed by atoms with E-state index in [1.54, 1.807) is 11.0 Å². The fraction of sp³-hybridized carbons (Fsp3) is 0.533. The van der Waals surface area contributed by atoms with Gasteiger partial charge in [-0.05, 0) is 24.3 Å². The second-order valence-corrected chi connectivity index (χ2v) is 5.84. The second kappa shape index (κ2) is 5.61. The molecule has 6 heteroatoms. The van der Waals surface area contributed by atoms with Gasteiger partial charge in [0, 0.05) is 37.3 Å². The van der Waals surface area contributed by atoms with E-state index >= 15 is 0 Å². The lowest BCUT2D eigenvalue weighted by Crippen LogP contribution is -2.45. The topological polar surface area (TPSA) is 72.8 Å². The highest BCUT2D eigenvalue weighted by atomic mass is 19.1. The summed E-state index contributed by atoms with van der Waals surface area (Å²) >= 11 is 0. The molecule has 1 aliphatic carbocycles. The number of aliphatic hydroxyl groups excluding tert-OH is 1. The fourth-order valence-corrected chi connectivity index (χ4v) is 3.24. The maximum atomic E-state index is 13.6. The maximum absolute atomic E-state index is 13.6. The third-order valence-electron chi connectivity index (χ3n) is 4.46. The second-order valence-electron chi connectivity index (χ2n) is 5.84. The first kappa shape index (κ1) is 14.3. The summed E-state index contributed by atoms with van der Waals surface area (Å²) in [6.07, 6.45) is 1.13. The highest BCUT2D eigenvalue weighted by Crippen LogP contribution is 2.49. The van der Waals surface area contributed by atoms with Crippen LogP contribution in [0.1, 0.15) is 12.0 Å². The van der Waals surface area contributed by atoms with Crippen molar-refractivity contribution in [3.05, 3.63) is 29.6 Å². The van der Waals surface area contributed by atoms with Gasteiger partial charge in [0.1, 0.15) is 18.2 Å². The zero-order chi connectivity index (χ0) is 15.0. The zero-order valence-corrected chi connectivity index (χ0v) is 11.6. The molecule has 2 fully saturated rings. The predicted octanol–water partition coefficient (Wildman–Crippen LogP) is 0.460. The summed E-state index contributed by atoms with van der Waals surface area (Å²) in [6.45, 7) is 1.21. The van der Waals surface area contributed by atoms with Gasteiger partial charge in [0.05, 0.1) is 0 Å². The monoisotopic (exact) mass is 294 g/mol. The Labute approximate surface area is 122 Å². The average Bonchev–Trinajstić information content (AvgIpc) is 3.14. The number of phenols is 1. The molecule has 0 aromatic heterocycles. The largest absolute Gasteiger partial charge is 0.508 e. The van der Waals surface area contributed by atoms with Crippen LogP contribution in [0.5, 0.6) is 5.75 Å². The molecule has 114 valence electrons. The number of hydrogen-bond donors (Lipinski definition) is 3. The van der Waals surface area contributed by atoms with E-state index in [1.165, 1.54) is 6.07 Å². The number of halogens is 1. The Balaban J connectivity index is 1.56. The van der Waals surface area contributed by atoms with E-state index in [0.29, 0.717) is 30.5 Å². The first-order valence-corrected chi connectivity index (χ1v) is 7.18. The third kappa shape index (κ3) is 2.87. The van der Waals surface area contributed by atoms with E-state index in [1.807, 2.05) is 0 Å². The lowest BCUT2D eigenvalue weighted by atomic mass is 10.1. The maximum Gasteiger partial charge on any atom is 0.248 e. The summed E-state index contributed by atoms with van der Waals surface area (Å²) in [5.74, 6) is 0.314. The zero-order valence-electron chi connectivity index (χ0n) is 11.6. The number of piperidine rings is 1. The molecule has 3 rings (SSSR count). The molecular weight excluding hydrogens is 275 g/mol. The predicted molar refractivity (Wildman–Crippen MR) is 74.0 cm³/mol. The number of amides is 1. The van der Waals surface area contributed by atoms with Crippen LogP contribution in [0.4, 0.5) is 4.39 Å². The molecule has 3 unspecified atom stereocenters. The summed E-state index contributed by atoms with van der Waals surface area (Å²) in [5, 5.41) is 21.3. The van der Waals surface area contributed by atoms with Crippen molar-refractivity contribution in [2.45, 2.75) is 19.0 Å². The van der Waals surface area contributed by atoms with Crippen molar-refractivity contribution >= 4 is 5.91 Å². The Morgan fingerprint density at radius 3 is 3.00 bits per heavy atom. The van der Waals surface area contributed by atoms with E-state index < -0.39 is 12.4 Å². The number of carbonyl (C=O) groups is 1. The molecule has 1 aromatic carbocycles. The number of benzene rings is 1. The minimum Gasteiger partial charge on any atom is -0.508 e. The number of hydrogen-bond acceptors (Lipinski definition) is 4. The van der Waals surface area contributed by atoms with Crippen LogP contribution in [0, 0.1) is 17.7 Å². The number of nitrogens with one attached hydrogen (secondary N) is 1. The summed E-state index contributed by atoms with van der Waals surface area (Å²) in [5.41, 5.74) is 0.484. The van der Waals surface area contributed by atoms with Gasteiger partial charge in [-0.15, -0.1) is 0 Å². The van der Waals surface area contributed by atoms with Crippen molar-refractivity contribution < 1.29 is 19.4 Å². The molecule has 5 nitrogen and oxygen atoms in total. The quantitative estimate of drug-likeness (QED) is 0.738. The van der Waals surface area contributed by atoms with Crippen LogP contribution in [0.3, 0.4) is 0 Å². The molecule has 3 atom stereocenters. The van der Waals surface area contributed by atoms with E-state index in [9.17, 15) is 14.3 Å². The molecule has 0 spiro atoms. The number of fused-ring (bicyclic) bond motifs is 1. The van der Waals surface area contributed by atoms with Crippen LogP contribution in [0.2, 0.25) is 0 Å². The van der Waals surface area contributed by atoms with E-state index in [-0.39, 0.29) is 17.7 Å². The van der Waals surface area contributed by atoms with Crippen molar-refractivity contribution in [3.63, 3.8) is 0 Å². The van der Waals surface area contributed by atoms with Crippen LogP contribution in [-0.4, -0.2) is 46.8 Å². The van der Waals surface area contributed by atoms with Crippen molar-refractivity contribution in [1.82, 2.24) is 10.2 Å². The molecular formula is C15H19FN2O3. The van der Waals surface area contributed by atoms with Crippen molar-refractivity contribution in [2.24, 2.45) is 11.8 Å². The van der Waals surface area contributed by atoms with Gasteiger partial charge in [-0.3, -0.25) is 4.79 Å². The number of likely N-dealkylation sites (tertiary alicyclic amines) is 1. The normalized spacial score (nSPS) is 26.8. The van der Waals surface area contributed by atoms with Gasteiger partial charge in [0.15, 0.2) is 0 Å². The van der Waals surface area contributed by atoms with Crippen LogP contribution < -0.4 is 5.32 Å². The van der Waals surface area contributed by atoms with Gasteiger partial charge in [-0.1, -0.05) is 6.07 Å². The van der Waals surface area contributed by atoms with Crippen LogP contribution in [-0.2, 0) is 11.3 Å². The van der Waals surface area contributed by atoms with E-state index in [4.69, 9.17) is 5.11 Å². The molecule has 1 aliphatic heterocycles. The smallest absolute Gasteiger partial charge is 0.248 e. The third-order valence-corrected chi connectivity index (χ3v) is 4.46. The van der Waals surface area contributed by atoms with E-state index in [0.717, 1.165) is 19.0 Å². The number of carbonyl (C=O) groups excluding carboxylic acids is 1. The Hall–Kier alpha value is -1.66. The Morgan fingerprint density at radius 1 is 1.48 bits per heavy atom. The summed E-state index contributed by atoms with van der Waals surface area (Å²) in [6, 6.07) is 4.18. The summed E-state index contributed by atoms with van der Waals surface area (Å²) in [7, 11) is 0. The minimum absolute atomic E-state index is 0.0902.